The Morgan fingerprint density at radius 3 is 2.91 bits per heavy atom. The molecule has 0 spiro atoms. The van der Waals surface area contributed by atoms with Crippen LogP contribution < -0.4 is 11.1 Å². The van der Waals surface area contributed by atoms with E-state index in [0.29, 0.717) is 6.54 Å². The predicted octanol–water partition coefficient (Wildman–Crippen LogP) is 4.00. The molecule has 1 atom stereocenters. The molecule has 0 aliphatic rings. The Balaban J connectivity index is 2.01. The van der Waals surface area contributed by atoms with Crippen LogP contribution in [0.3, 0.4) is 0 Å². The average molecular weight is 351 g/mol. The predicted molar refractivity (Wildman–Crippen MR) is 95.2 cm³/mol. The fourth-order valence-corrected chi connectivity index (χ4v) is 4.17. The molecule has 0 amide bonds. The van der Waals surface area contributed by atoms with Crippen LogP contribution in [0.2, 0.25) is 5.28 Å². The summed E-state index contributed by atoms with van der Waals surface area (Å²) in [5.74, 6) is 1.59. The molecule has 0 saturated heterocycles. The first kappa shape index (κ1) is 16.2. The maximum Gasteiger partial charge on any atom is 0.224 e. The molecule has 3 aromatic rings. The smallest absolute Gasteiger partial charge is 0.224 e. The molecule has 0 saturated carbocycles. The fourth-order valence-electron chi connectivity index (χ4n) is 2.57. The lowest BCUT2D eigenvalue weighted by Crippen LogP contribution is -2.17. The van der Waals surface area contributed by atoms with Crippen LogP contribution in [0, 0.1) is 0 Å². The highest BCUT2D eigenvalue weighted by Gasteiger charge is 2.18. The second-order valence-electron chi connectivity index (χ2n) is 5.49. The summed E-state index contributed by atoms with van der Waals surface area (Å²) in [7, 11) is 0. The Hall–Kier alpha value is -1.63. The monoisotopic (exact) mass is 350 g/mol. The Bertz CT molecular complexity index is 798. The molecule has 0 radical (unpaired) electrons. The minimum atomic E-state index is 0.108. The summed E-state index contributed by atoms with van der Waals surface area (Å²) in [5, 5.41) is 3.55. The zero-order valence-electron chi connectivity index (χ0n) is 13.1. The van der Waals surface area contributed by atoms with Gasteiger partial charge in [-0.25, -0.2) is 4.98 Å². The van der Waals surface area contributed by atoms with E-state index in [-0.39, 0.29) is 11.3 Å². The summed E-state index contributed by atoms with van der Waals surface area (Å²) in [4.78, 5) is 10.0. The van der Waals surface area contributed by atoms with Crippen LogP contribution in [0.25, 0.3) is 10.2 Å². The third-order valence-electron chi connectivity index (χ3n) is 3.56. The minimum absolute atomic E-state index is 0.108. The topological polar surface area (TPSA) is 77.0 Å². The van der Waals surface area contributed by atoms with Crippen LogP contribution in [-0.2, 0) is 19.4 Å². The summed E-state index contributed by atoms with van der Waals surface area (Å²) < 4.78 is 6.37. The molecule has 122 valence electrons. The van der Waals surface area contributed by atoms with Crippen LogP contribution in [0.4, 0.5) is 5.82 Å². The molecular weight excluding hydrogens is 332 g/mol. The summed E-state index contributed by atoms with van der Waals surface area (Å²) in [6.45, 7) is 4.69. The van der Waals surface area contributed by atoms with E-state index < -0.39 is 0 Å². The van der Waals surface area contributed by atoms with Crippen molar-refractivity contribution in [2.75, 3.05) is 5.32 Å². The third kappa shape index (κ3) is 3.49. The van der Waals surface area contributed by atoms with Crippen molar-refractivity contribution in [3.8, 4) is 0 Å². The summed E-state index contributed by atoms with van der Waals surface area (Å²) in [5.41, 5.74) is 8.12. The van der Waals surface area contributed by atoms with Crippen molar-refractivity contribution in [1.82, 2.24) is 9.97 Å². The summed E-state index contributed by atoms with van der Waals surface area (Å²) in [6, 6.07) is 3.89. The second kappa shape index (κ2) is 6.86. The quantitative estimate of drug-likeness (QED) is 0.657. The molecule has 0 aromatic carbocycles. The SMILES string of the molecule is CCc1c(CC(C)N)sc2c(NCc3ccco3)nc(Cl)nc12. The van der Waals surface area contributed by atoms with E-state index >= 15 is 0 Å². The molecule has 0 fully saturated rings. The van der Waals surface area contributed by atoms with Gasteiger partial charge in [-0.05, 0) is 49.1 Å². The van der Waals surface area contributed by atoms with Crippen molar-refractivity contribution >= 4 is 39.0 Å². The van der Waals surface area contributed by atoms with Gasteiger partial charge in [-0.2, -0.15) is 4.98 Å². The number of aromatic nitrogens is 2. The molecule has 23 heavy (non-hydrogen) atoms. The number of hydrogen-bond acceptors (Lipinski definition) is 6. The van der Waals surface area contributed by atoms with E-state index in [1.165, 1.54) is 10.4 Å². The molecule has 0 aliphatic carbocycles. The molecule has 5 nitrogen and oxygen atoms in total. The Morgan fingerprint density at radius 1 is 1.43 bits per heavy atom. The van der Waals surface area contributed by atoms with E-state index in [9.17, 15) is 0 Å². The van der Waals surface area contributed by atoms with Gasteiger partial charge in [0.1, 0.15) is 11.6 Å². The van der Waals surface area contributed by atoms with Crippen molar-refractivity contribution < 1.29 is 4.42 Å². The van der Waals surface area contributed by atoms with E-state index in [1.54, 1.807) is 17.6 Å². The van der Waals surface area contributed by atoms with E-state index in [2.05, 4.69) is 22.2 Å². The van der Waals surface area contributed by atoms with Crippen molar-refractivity contribution in [2.24, 2.45) is 5.73 Å². The maximum atomic E-state index is 6.12. The van der Waals surface area contributed by atoms with Crippen molar-refractivity contribution in [3.05, 3.63) is 39.9 Å². The largest absolute Gasteiger partial charge is 0.467 e. The van der Waals surface area contributed by atoms with Crippen LogP contribution in [0.15, 0.2) is 22.8 Å². The number of anilines is 1. The average Bonchev–Trinajstić information content (AvgIpc) is 3.11. The van der Waals surface area contributed by atoms with Gasteiger partial charge in [-0.1, -0.05) is 6.92 Å². The molecular formula is C16H19ClN4OS. The molecule has 3 N–H and O–H groups in total. The molecule has 1 unspecified atom stereocenters. The lowest BCUT2D eigenvalue weighted by molar-refractivity contribution is 0.518. The number of fused-ring (bicyclic) bond motifs is 1. The highest BCUT2D eigenvalue weighted by atomic mass is 35.5. The minimum Gasteiger partial charge on any atom is -0.467 e. The maximum absolute atomic E-state index is 6.12. The zero-order chi connectivity index (χ0) is 16.4. The van der Waals surface area contributed by atoms with Crippen LogP contribution in [0.5, 0.6) is 0 Å². The standard InChI is InChI=1S/C16H19ClN4OS/c1-3-11-12(7-9(2)18)23-14-13(11)20-16(17)21-15(14)19-8-10-5-4-6-22-10/h4-6,9H,3,7-8,18H2,1-2H3,(H,19,20,21). The van der Waals surface area contributed by atoms with Gasteiger partial charge < -0.3 is 15.5 Å². The van der Waals surface area contributed by atoms with Gasteiger partial charge in [-0.15, -0.1) is 11.3 Å². The number of nitrogens with two attached hydrogens (primary N) is 1. The first-order valence-electron chi connectivity index (χ1n) is 7.58. The lowest BCUT2D eigenvalue weighted by atomic mass is 10.1. The molecule has 3 aromatic heterocycles. The highest BCUT2D eigenvalue weighted by Crippen LogP contribution is 2.36. The molecule has 3 heterocycles. The number of rotatable bonds is 6. The van der Waals surface area contributed by atoms with Gasteiger partial charge in [0.05, 0.1) is 23.0 Å². The number of furan rings is 1. The van der Waals surface area contributed by atoms with E-state index in [1.807, 2.05) is 19.1 Å². The van der Waals surface area contributed by atoms with Gasteiger partial charge in [0, 0.05) is 10.9 Å². The Kier molecular flexibility index (Phi) is 4.84. The first-order chi connectivity index (χ1) is 11.1. The number of thiophene rings is 1. The van der Waals surface area contributed by atoms with Crippen molar-refractivity contribution in [3.63, 3.8) is 0 Å². The van der Waals surface area contributed by atoms with E-state index in [4.69, 9.17) is 21.8 Å². The van der Waals surface area contributed by atoms with E-state index in [0.717, 1.165) is 34.6 Å². The second-order valence-corrected chi connectivity index (χ2v) is 6.93. The lowest BCUT2D eigenvalue weighted by Gasteiger charge is -2.05. The molecule has 7 heteroatoms. The Morgan fingerprint density at radius 2 is 2.26 bits per heavy atom. The van der Waals surface area contributed by atoms with Crippen LogP contribution in [0.1, 0.15) is 30.0 Å². The fraction of sp³-hybridized carbons (Fsp3) is 0.375. The van der Waals surface area contributed by atoms with Gasteiger partial charge in [0.2, 0.25) is 5.28 Å². The van der Waals surface area contributed by atoms with Crippen molar-refractivity contribution in [1.29, 1.82) is 0 Å². The summed E-state index contributed by atoms with van der Waals surface area (Å²) in [6.07, 6.45) is 3.38. The highest BCUT2D eigenvalue weighted by molar-refractivity contribution is 7.19. The van der Waals surface area contributed by atoms with Gasteiger partial charge >= 0.3 is 0 Å². The number of hydrogen-bond donors (Lipinski definition) is 2. The molecule has 0 aliphatic heterocycles. The van der Waals surface area contributed by atoms with Crippen molar-refractivity contribution in [2.45, 2.75) is 39.3 Å². The zero-order valence-corrected chi connectivity index (χ0v) is 14.7. The Labute approximate surface area is 143 Å². The first-order valence-corrected chi connectivity index (χ1v) is 8.77. The number of nitrogens with zero attached hydrogens (tertiary/aromatic N) is 2. The van der Waals surface area contributed by atoms with Gasteiger partial charge in [0.15, 0.2) is 0 Å². The molecule has 0 bridgehead atoms. The summed E-state index contributed by atoms with van der Waals surface area (Å²) >= 11 is 7.82. The normalized spacial score (nSPS) is 12.7. The van der Waals surface area contributed by atoms with Gasteiger partial charge in [0.25, 0.3) is 0 Å². The number of aryl methyl sites for hydroxylation is 1. The van der Waals surface area contributed by atoms with Gasteiger partial charge in [-0.3, -0.25) is 0 Å². The number of nitrogens with one attached hydrogen (secondary N) is 1. The molecule has 3 rings (SSSR count). The van der Waals surface area contributed by atoms with Crippen LogP contribution >= 0.6 is 22.9 Å². The van der Waals surface area contributed by atoms with Crippen LogP contribution in [-0.4, -0.2) is 16.0 Å². The number of halogens is 1. The third-order valence-corrected chi connectivity index (χ3v) is 4.98.